The quantitative estimate of drug-likeness (QED) is 0.778. The van der Waals surface area contributed by atoms with Crippen molar-refractivity contribution in [3.05, 3.63) is 46.2 Å². The topological polar surface area (TPSA) is 104 Å². The largest absolute Gasteiger partial charge is 0.508 e. The van der Waals surface area contributed by atoms with E-state index in [1.807, 2.05) is 0 Å². The molecule has 0 aliphatic rings. The van der Waals surface area contributed by atoms with E-state index in [9.17, 15) is 18.3 Å². The zero-order chi connectivity index (χ0) is 14.8. The minimum absolute atomic E-state index is 0.0287. The maximum atomic E-state index is 12.1. The molecule has 0 bridgehead atoms. The highest BCUT2D eigenvalue weighted by Gasteiger charge is 2.23. The van der Waals surface area contributed by atoms with Gasteiger partial charge in [-0.05, 0) is 17.5 Å². The summed E-state index contributed by atoms with van der Waals surface area (Å²) in [7, 11) is -3.94. The molecule has 0 aliphatic carbocycles. The number of thiophene rings is 1. The first-order valence-electron chi connectivity index (χ1n) is 5.49. The molecule has 6 nitrogen and oxygen atoms in total. The van der Waals surface area contributed by atoms with Crippen LogP contribution in [0.4, 0.5) is 0 Å². The van der Waals surface area contributed by atoms with Crippen LogP contribution in [0.15, 0.2) is 40.6 Å². The van der Waals surface area contributed by atoms with Crippen molar-refractivity contribution in [3.63, 3.8) is 0 Å². The van der Waals surface area contributed by atoms with Crippen LogP contribution in [0, 0.1) is 0 Å². The monoisotopic (exact) mass is 313 g/mol. The highest BCUT2D eigenvalue weighted by molar-refractivity contribution is 7.89. The van der Waals surface area contributed by atoms with E-state index >= 15 is 0 Å². The molecule has 0 saturated heterocycles. The fourth-order valence-corrected chi connectivity index (χ4v) is 3.84. The van der Waals surface area contributed by atoms with Crippen molar-refractivity contribution < 1.29 is 23.4 Å². The number of nitrogens with one attached hydrogen (secondary N) is 1. The second-order valence-electron chi connectivity index (χ2n) is 3.87. The van der Waals surface area contributed by atoms with Crippen LogP contribution in [-0.4, -0.2) is 24.6 Å². The molecule has 0 fully saturated rings. The molecule has 1 heterocycles. The zero-order valence-electron chi connectivity index (χ0n) is 10.1. The van der Waals surface area contributed by atoms with E-state index in [1.165, 1.54) is 17.5 Å². The average molecular weight is 313 g/mol. The van der Waals surface area contributed by atoms with Gasteiger partial charge in [-0.25, -0.2) is 17.9 Å². The lowest BCUT2D eigenvalue weighted by molar-refractivity contribution is 0.0698. The summed E-state index contributed by atoms with van der Waals surface area (Å²) < 4.78 is 26.4. The van der Waals surface area contributed by atoms with Crippen molar-refractivity contribution in [2.24, 2.45) is 0 Å². The Morgan fingerprint density at radius 3 is 2.60 bits per heavy atom. The van der Waals surface area contributed by atoms with Crippen LogP contribution < -0.4 is 4.72 Å². The minimum Gasteiger partial charge on any atom is -0.508 e. The summed E-state index contributed by atoms with van der Waals surface area (Å²) in [4.78, 5) is 10.4. The van der Waals surface area contributed by atoms with Crippen molar-refractivity contribution in [1.82, 2.24) is 4.72 Å². The van der Waals surface area contributed by atoms with E-state index < -0.39 is 16.0 Å². The zero-order valence-corrected chi connectivity index (χ0v) is 11.7. The van der Waals surface area contributed by atoms with Gasteiger partial charge in [0.2, 0.25) is 10.0 Å². The lowest BCUT2D eigenvalue weighted by Gasteiger charge is -2.07. The summed E-state index contributed by atoms with van der Waals surface area (Å²) in [5.74, 6) is -1.32. The predicted octanol–water partition coefficient (Wildman–Crippen LogP) is 1.63. The van der Waals surface area contributed by atoms with E-state index in [0.717, 1.165) is 11.3 Å². The molecule has 1 aromatic heterocycles. The van der Waals surface area contributed by atoms with Gasteiger partial charge in [-0.3, -0.25) is 0 Å². The van der Waals surface area contributed by atoms with Crippen LogP contribution in [0.2, 0.25) is 0 Å². The number of hydrogen-bond donors (Lipinski definition) is 3. The van der Waals surface area contributed by atoms with E-state index in [1.54, 1.807) is 18.2 Å². The molecule has 0 spiro atoms. The van der Waals surface area contributed by atoms with Gasteiger partial charge in [0.25, 0.3) is 0 Å². The summed E-state index contributed by atoms with van der Waals surface area (Å²) in [5.41, 5.74) is 0.406. The Morgan fingerprint density at radius 1 is 1.25 bits per heavy atom. The number of carboxylic acids is 1. The third-order valence-electron chi connectivity index (χ3n) is 2.56. The molecule has 2 aromatic rings. The number of aromatic hydroxyl groups is 1. The fraction of sp³-hybridized carbons (Fsp3) is 0.0833. The first-order chi connectivity index (χ1) is 9.42. The number of para-hydroxylation sites is 1. The van der Waals surface area contributed by atoms with Gasteiger partial charge in [0.1, 0.15) is 15.5 Å². The van der Waals surface area contributed by atoms with Crippen LogP contribution in [0.25, 0.3) is 0 Å². The predicted molar refractivity (Wildman–Crippen MR) is 73.4 cm³/mol. The summed E-state index contributed by atoms with van der Waals surface area (Å²) in [6.07, 6.45) is 0. The number of carbonyl (C=O) groups is 1. The molecule has 0 radical (unpaired) electrons. The van der Waals surface area contributed by atoms with Gasteiger partial charge < -0.3 is 10.2 Å². The molecule has 0 saturated carbocycles. The fourth-order valence-electron chi connectivity index (χ4n) is 1.58. The van der Waals surface area contributed by atoms with Crippen LogP contribution in [0.5, 0.6) is 5.75 Å². The smallest absolute Gasteiger partial charge is 0.347 e. The van der Waals surface area contributed by atoms with E-state index in [-0.39, 0.29) is 22.1 Å². The Bertz CT molecular complexity index is 736. The molecular weight excluding hydrogens is 302 g/mol. The summed E-state index contributed by atoms with van der Waals surface area (Å²) >= 11 is 0.841. The van der Waals surface area contributed by atoms with E-state index in [4.69, 9.17) is 5.11 Å². The number of aromatic carboxylic acids is 1. The molecule has 1 aromatic carbocycles. The maximum absolute atomic E-state index is 12.1. The van der Waals surface area contributed by atoms with Crippen molar-refractivity contribution in [1.29, 1.82) is 0 Å². The second-order valence-corrected chi connectivity index (χ2v) is 6.52. The molecular formula is C12H11NO5S2. The third kappa shape index (κ3) is 2.98. The molecule has 0 atom stereocenters. The number of rotatable bonds is 5. The number of phenolic OH excluding ortho intramolecular Hbond substituents is 1. The lowest BCUT2D eigenvalue weighted by Crippen LogP contribution is -2.24. The number of hydrogen-bond acceptors (Lipinski definition) is 5. The summed E-state index contributed by atoms with van der Waals surface area (Å²) in [6, 6.07) is 7.53. The van der Waals surface area contributed by atoms with Gasteiger partial charge in [0.05, 0.1) is 0 Å². The summed E-state index contributed by atoms with van der Waals surface area (Å²) in [5, 5.41) is 19.9. The van der Waals surface area contributed by atoms with Crippen molar-refractivity contribution in [2.75, 3.05) is 0 Å². The average Bonchev–Trinajstić information content (AvgIpc) is 2.88. The summed E-state index contributed by atoms with van der Waals surface area (Å²) in [6.45, 7) is -0.121. The van der Waals surface area contributed by atoms with Gasteiger partial charge in [-0.15, -0.1) is 11.3 Å². The lowest BCUT2D eigenvalue weighted by atomic mass is 10.2. The first-order valence-corrected chi connectivity index (χ1v) is 7.85. The van der Waals surface area contributed by atoms with Gasteiger partial charge >= 0.3 is 5.97 Å². The molecule has 0 unspecified atom stereocenters. The molecule has 106 valence electrons. The van der Waals surface area contributed by atoms with Crippen molar-refractivity contribution in [3.8, 4) is 5.75 Å². The molecule has 2 rings (SSSR count). The molecule has 20 heavy (non-hydrogen) atoms. The van der Waals surface area contributed by atoms with Gasteiger partial charge in [-0.2, -0.15) is 0 Å². The first kappa shape index (κ1) is 14.5. The highest BCUT2D eigenvalue weighted by atomic mass is 32.2. The normalized spacial score (nSPS) is 11.4. The maximum Gasteiger partial charge on any atom is 0.347 e. The Hall–Kier alpha value is -1.90. The van der Waals surface area contributed by atoms with Crippen molar-refractivity contribution in [2.45, 2.75) is 11.4 Å². The van der Waals surface area contributed by atoms with E-state index in [2.05, 4.69) is 4.72 Å². The number of carboxylic acid groups (broad SMARTS) is 1. The van der Waals surface area contributed by atoms with Crippen LogP contribution in [0.1, 0.15) is 15.2 Å². The van der Waals surface area contributed by atoms with Gasteiger partial charge in [0, 0.05) is 12.1 Å². The number of phenols is 1. The Morgan fingerprint density at radius 2 is 1.95 bits per heavy atom. The molecule has 0 aliphatic heterocycles. The van der Waals surface area contributed by atoms with Crippen LogP contribution >= 0.6 is 11.3 Å². The van der Waals surface area contributed by atoms with Crippen molar-refractivity contribution >= 4 is 27.3 Å². The number of benzene rings is 1. The highest BCUT2D eigenvalue weighted by Crippen LogP contribution is 2.22. The standard InChI is InChI=1S/C12H11NO5S2/c14-9-4-2-1-3-8(9)7-13-20(17,18)10-5-6-19-11(10)12(15)16/h1-6,13-14H,7H2,(H,15,16). The Balaban J connectivity index is 2.22. The number of sulfonamides is 1. The molecule has 8 heteroatoms. The Labute approximate surface area is 119 Å². The van der Waals surface area contributed by atoms with Crippen LogP contribution in [-0.2, 0) is 16.6 Å². The Kier molecular flexibility index (Phi) is 4.07. The molecule has 3 N–H and O–H groups in total. The minimum atomic E-state index is -3.94. The van der Waals surface area contributed by atoms with Gasteiger partial charge in [0.15, 0.2) is 0 Å². The van der Waals surface area contributed by atoms with Gasteiger partial charge in [-0.1, -0.05) is 18.2 Å². The second kappa shape index (κ2) is 5.61. The molecule has 0 amide bonds. The third-order valence-corrected chi connectivity index (χ3v) is 5.03. The SMILES string of the molecule is O=C(O)c1sccc1S(=O)(=O)NCc1ccccc1O. The van der Waals surface area contributed by atoms with Crippen LogP contribution in [0.3, 0.4) is 0 Å². The van der Waals surface area contributed by atoms with E-state index in [0.29, 0.717) is 5.56 Å².